The summed E-state index contributed by atoms with van der Waals surface area (Å²) in [7, 11) is 0. The largest absolute Gasteiger partial charge is 0.458 e. The number of aromatic nitrogens is 2. The van der Waals surface area contributed by atoms with E-state index in [9.17, 15) is 4.79 Å². The maximum absolute atomic E-state index is 12.1. The van der Waals surface area contributed by atoms with E-state index in [1.165, 1.54) is 0 Å². The quantitative estimate of drug-likeness (QED) is 0.529. The molecule has 1 amide bonds. The third-order valence-corrected chi connectivity index (χ3v) is 5.77. The van der Waals surface area contributed by atoms with Gasteiger partial charge >= 0.3 is 0 Å². The van der Waals surface area contributed by atoms with Gasteiger partial charge in [-0.15, -0.1) is 22.7 Å². The summed E-state index contributed by atoms with van der Waals surface area (Å²) < 4.78 is 6.91. The number of furan rings is 1. The van der Waals surface area contributed by atoms with E-state index >= 15 is 0 Å². The summed E-state index contributed by atoms with van der Waals surface area (Å²) in [5.41, 5.74) is 1.83. The summed E-state index contributed by atoms with van der Waals surface area (Å²) >= 11 is 3.23. The van der Waals surface area contributed by atoms with Crippen molar-refractivity contribution in [3.63, 3.8) is 0 Å². The second kappa shape index (κ2) is 7.39. The van der Waals surface area contributed by atoms with Crippen molar-refractivity contribution in [3.05, 3.63) is 57.6 Å². The first-order chi connectivity index (χ1) is 12.7. The Balaban J connectivity index is 1.29. The zero-order valence-electron chi connectivity index (χ0n) is 14.2. The highest BCUT2D eigenvalue weighted by Gasteiger charge is 2.10. The van der Waals surface area contributed by atoms with Crippen molar-refractivity contribution >= 4 is 38.8 Å². The number of hydrogen-bond acceptors (Lipinski definition) is 6. The molecule has 0 fully saturated rings. The minimum atomic E-state index is -0.00768. The molecule has 7 heteroatoms. The molecule has 0 saturated heterocycles. The fourth-order valence-electron chi connectivity index (χ4n) is 2.61. The molecule has 0 aliphatic rings. The zero-order chi connectivity index (χ0) is 17.9. The van der Waals surface area contributed by atoms with Gasteiger partial charge in [-0.2, -0.15) is 0 Å². The van der Waals surface area contributed by atoms with E-state index in [-0.39, 0.29) is 5.91 Å². The predicted molar refractivity (Wildman–Crippen MR) is 104 cm³/mol. The molecule has 0 atom stereocenters. The highest BCUT2D eigenvalue weighted by atomic mass is 32.1. The van der Waals surface area contributed by atoms with Gasteiger partial charge in [0.25, 0.3) is 0 Å². The number of carbonyl (C=O) groups is 1. The Bertz CT molecular complexity index is 1010. The summed E-state index contributed by atoms with van der Waals surface area (Å²) in [6.45, 7) is 2.34. The number of benzene rings is 1. The fraction of sp³-hybridized carbons (Fsp3) is 0.211. The summed E-state index contributed by atoms with van der Waals surface area (Å²) in [5.74, 6) is 1.44. The van der Waals surface area contributed by atoms with Crippen LogP contribution in [-0.2, 0) is 17.8 Å². The Morgan fingerprint density at radius 2 is 2.08 bits per heavy atom. The number of amides is 1. The van der Waals surface area contributed by atoms with Crippen molar-refractivity contribution in [1.82, 2.24) is 15.3 Å². The molecule has 0 bridgehead atoms. The van der Waals surface area contributed by atoms with E-state index in [0.29, 0.717) is 19.4 Å². The first-order valence-corrected chi connectivity index (χ1v) is 9.99. The summed E-state index contributed by atoms with van der Waals surface area (Å²) in [6.07, 6.45) is 1.06. The molecule has 4 aromatic rings. The Kier molecular flexibility index (Phi) is 4.81. The van der Waals surface area contributed by atoms with Crippen LogP contribution in [0.3, 0.4) is 0 Å². The summed E-state index contributed by atoms with van der Waals surface area (Å²) in [5, 5.41) is 6.85. The van der Waals surface area contributed by atoms with Crippen molar-refractivity contribution in [2.75, 3.05) is 0 Å². The zero-order valence-corrected chi connectivity index (χ0v) is 15.8. The number of fused-ring (bicyclic) bond motifs is 1. The number of nitrogens with zero attached hydrogens (tertiary/aromatic N) is 2. The second-order valence-corrected chi connectivity index (χ2v) is 8.05. The molecule has 3 heterocycles. The van der Waals surface area contributed by atoms with Crippen LogP contribution in [0, 0.1) is 6.92 Å². The number of nitrogens with one attached hydrogen (secondary N) is 1. The van der Waals surface area contributed by atoms with Gasteiger partial charge in [-0.25, -0.2) is 9.97 Å². The normalized spacial score (nSPS) is 11.1. The Hall–Kier alpha value is -2.51. The third-order valence-electron chi connectivity index (χ3n) is 3.90. The van der Waals surface area contributed by atoms with E-state index in [1.54, 1.807) is 22.7 Å². The number of rotatable bonds is 6. The lowest BCUT2D eigenvalue weighted by Crippen LogP contribution is -2.22. The fourth-order valence-corrected chi connectivity index (χ4v) is 4.18. The average Bonchev–Trinajstić information content (AvgIpc) is 3.36. The molecule has 0 aliphatic heterocycles. The van der Waals surface area contributed by atoms with Crippen LogP contribution in [0.4, 0.5) is 0 Å². The number of hydrogen-bond donors (Lipinski definition) is 1. The van der Waals surface area contributed by atoms with Crippen LogP contribution in [0.5, 0.6) is 0 Å². The standard InChI is InChI=1S/C19H17N3O2S2/c1-12-21-15(11-25-12)16-7-6-13(24-16)10-20-18(23)8-9-19-22-14-4-2-3-5-17(14)26-19/h2-7,11H,8-10H2,1H3,(H,20,23). The Morgan fingerprint density at radius 1 is 1.19 bits per heavy atom. The highest BCUT2D eigenvalue weighted by molar-refractivity contribution is 7.18. The number of aryl methyl sites for hydroxylation is 2. The number of para-hydroxylation sites is 1. The molecule has 0 saturated carbocycles. The Labute approximate surface area is 158 Å². The lowest BCUT2D eigenvalue weighted by molar-refractivity contribution is -0.121. The van der Waals surface area contributed by atoms with Gasteiger partial charge in [0.2, 0.25) is 5.91 Å². The van der Waals surface area contributed by atoms with E-state index < -0.39 is 0 Å². The minimum absolute atomic E-state index is 0.00768. The molecule has 0 radical (unpaired) electrons. The minimum Gasteiger partial charge on any atom is -0.458 e. The van der Waals surface area contributed by atoms with Crippen molar-refractivity contribution in [1.29, 1.82) is 0 Å². The molecule has 26 heavy (non-hydrogen) atoms. The molecule has 0 aliphatic carbocycles. The van der Waals surface area contributed by atoms with E-state index in [0.717, 1.165) is 37.4 Å². The lowest BCUT2D eigenvalue weighted by Gasteiger charge is -2.02. The number of thiazole rings is 2. The van der Waals surface area contributed by atoms with Crippen LogP contribution in [0.1, 0.15) is 22.2 Å². The lowest BCUT2D eigenvalue weighted by atomic mass is 10.3. The smallest absolute Gasteiger partial charge is 0.220 e. The summed E-state index contributed by atoms with van der Waals surface area (Å²) in [6, 6.07) is 11.8. The second-order valence-electron chi connectivity index (χ2n) is 5.87. The van der Waals surface area contributed by atoms with Crippen LogP contribution in [0.15, 0.2) is 46.2 Å². The molecule has 1 N–H and O–H groups in total. The molecular formula is C19H17N3O2S2. The average molecular weight is 383 g/mol. The molecule has 3 aromatic heterocycles. The van der Waals surface area contributed by atoms with Crippen molar-refractivity contribution < 1.29 is 9.21 Å². The van der Waals surface area contributed by atoms with Crippen molar-refractivity contribution in [2.45, 2.75) is 26.3 Å². The Morgan fingerprint density at radius 3 is 2.88 bits per heavy atom. The van der Waals surface area contributed by atoms with Gasteiger partial charge in [-0.3, -0.25) is 4.79 Å². The van der Waals surface area contributed by atoms with Crippen LogP contribution in [0.2, 0.25) is 0 Å². The molecular weight excluding hydrogens is 366 g/mol. The topological polar surface area (TPSA) is 68.0 Å². The monoisotopic (exact) mass is 383 g/mol. The highest BCUT2D eigenvalue weighted by Crippen LogP contribution is 2.24. The van der Waals surface area contributed by atoms with Gasteiger partial charge in [0.05, 0.1) is 26.8 Å². The third kappa shape index (κ3) is 3.84. The van der Waals surface area contributed by atoms with Gasteiger partial charge in [0.1, 0.15) is 11.5 Å². The molecule has 5 nitrogen and oxygen atoms in total. The van der Waals surface area contributed by atoms with Gasteiger partial charge in [-0.1, -0.05) is 12.1 Å². The van der Waals surface area contributed by atoms with Gasteiger partial charge < -0.3 is 9.73 Å². The number of carbonyl (C=O) groups excluding carboxylic acids is 1. The van der Waals surface area contributed by atoms with E-state index in [1.807, 2.05) is 42.6 Å². The predicted octanol–water partition coefficient (Wildman–Crippen LogP) is 4.57. The van der Waals surface area contributed by atoms with Gasteiger partial charge in [0.15, 0.2) is 5.76 Å². The molecule has 1 aromatic carbocycles. The first kappa shape index (κ1) is 16.9. The SMILES string of the molecule is Cc1nc(-c2ccc(CNC(=O)CCc3nc4ccccc4s3)o2)cs1. The van der Waals surface area contributed by atoms with Crippen LogP contribution in [-0.4, -0.2) is 15.9 Å². The first-order valence-electron chi connectivity index (χ1n) is 8.30. The van der Waals surface area contributed by atoms with Crippen LogP contribution in [0.25, 0.3) is 21.7 Å². The molecule has 0 spiro atoms. The van der Waals surface area contributed by atoms with Crippen LogP contribution < -0.4 is 5.32 Å². The maximum Gasteiger partial charge on any atom is 0.220 e. The van der Waals surface area contributed by atoms with E-state index in [4.69, 9.17) is 4.42 Å². The molecule has 132 valence electrons. The van der Waals surface area contributed by atoms with Gasteiger partial charge in [-0.05, 0) is 31.2 Å². The maximum atomic E-state index is 12.1. The summed E-state index contributed by atoms with van der Waals surface area (Å²) in [4.78, 5) is 21.1. The van der Waals surface area contributed by atoms with Gasteiger partial charge in [0, 0.05) is 18.2 Å². The van der Waals surface area contributed by atoms with E-state index in [2.05, 4.69) is 21.4 Å². The van der Waals surface area contributed by atoms with Crippen molar-refractivity contribution in [3.8, 4) is 11.5 Å². The molecule has 4 rings (SSSR count). The van der Waals surface area contributed by atoms with Crippen LogP contribution >= 0.6 is 22.7 Å². The van der Waals surface area contributed by atoms with Crippen molar-refractivity contribution in [2.24, 2.45) is 0 Å². The molecule has 0 unspecified atom stereocenters.